The van der Waals surface area contributed by atoms with Crippen molar-refractivity contribution < 1.29 is 14.3 Å². The summed E-state index contributed by atoms with van der Waals surface area (Å²) in [6.45, 7) is 1.92. The normalized spacial score (nSPS) is 15.1. The Hall–Kier alpha value is -4.18. The van der Waals surface area contributed by atoms with Gasteiger partial charge in [-0.05, 0) is 49.4 Å². The zero-order valence-electron chi connectivity index (χ0n) is 15.5. The molecule has 0 spiro atoms. The summed E-state index contributed by atoms with van der Waals surface area (Å²) < 4.78 is 5.91. The van der Waals surface area contributed by atoms with Crippen LogP contribution in [-0.2, 0) is 4.79 Å². The molecule has 1 aliphatic rings. The molecule has 0 radical (unpaired) electrons. The Morgan fingerprint density at radius 1 is 1.00 bits per heavy atom. The van der Waals surface area contributed by atoms with Crippen LogP contribution in [0.3, 0.4) is 0 Å². The topological polar surface area (TPSA) is 93.2 Å². The van der Waals surface area contributed by atoms with Crippen LogP contribution in [0.1, 0.15) is 28.4 Å². The van der Waals surface area contributed by atoms with Crippen LogP contribution < -0.4 is 15.4 Å². The molecule has 4 rings (SSSR count). The van der Waals surface area contributed by atoms with Crippen LogP contribution in [0.2, 0.25) is 0 Å². The first-order chi connectivity index (χ1) is 14.1. The van der Waals surface area contributed by atoms with E-state index in [1.165, 1.54) is 6.20 Å². The Labute approximate surface area is 167 Å². The lowest BCUT2D eigenvalue weighted by Gasteiger charge is -2.13. The number of imide groups is 1. The average molecular weight is 384 g/mol. The van der Waals surface area contributed by atoms with E-state index in [2.05, 4.69) is 32.4 Å². The summed E-state index contributed by atoms with van der Waals surface area (Å²) >= 11 is 0. The molecule has 3 amide bonds. The van der Waals surface area contributed by atoms with E-state index >= 15 is 0 Å². The molecule has 7 heteroatoms. The molecule has 1 unspecified atom stereocenters. The van der Waals surface area contributed by atoms with E-state index in [9.17, 15) is 9.59 Å². The van der Waals surface area contributed by atoms with Crippen molar-refractivity contribution in [3.05, 3.63) is 83.4 Å². The maximum Gasteiger partial charge on any atom is 0.322 e. The molecule has 3 aromatic rings. The second kappa shape index (κ2) is 7.82. The Kier molecular flexibility index (Phi) is 4.91. The fourth-order valence-corrected chi connectivity index (χ4v) is 2.84. The Bertz CT molecular complexity index is 1150. The zero-order valence-corrected chi connectivity index (χ0v) is 15.5. The van der Waals surface area contributed by atoms with Crippen molar-refractivity contribution in [3.8, 4) is 23.3 Å². The molecule has 1 aromatic carbocycles. The second-order valence-corrected chi connectivity index (χ2v) is 6.37. The number of rotatable bonds is 3. The molecule has 3 heterocycles. The number of urea groups is 1. The smallest absolute Gasteiger partial charge is 0.322 e. The van der Waals surface area contributed by atoms with E-state index in [-0.39, 0.29) is 0 Å². The van der Waals surface area contributed by atoms with Crippen molar-refractivity contribution in [2.45, 2.75) is 13.0 Å². The summed E-state index contributed by atoms with van der Waals surface area (Å²) in [5.74, 6) is 6.78. The van der Waals surface area contributed by atoms with Gasteiger partial charge in [-0.2, -0.15) is 0 Å². The highest BCUT2D eigenvalue weighted by Crippen LogP contribution is 2.30. The van der Waals surface area contributed by atoms with Crippen molar-refractivity contribution >= 4 is 11.9 Å². The number of nitrogens with one attached hydrogen (secondary N) is 2. The standard InChI is InChI=1S/C22H16N4O3/c1-14-12-16(8-11-24-14)3-2-15-4-6-17(7-5-15)29-19-9-10-23-13-18(19)20-21(27)26-22(28)25-20/h4-13,20H,1H3,(H2,25,26,27,28). The first-order valence-electron chi connectivity index (χ1n) is 8.86. The van der Waals surface area contributed by atoms with E-state index in [0.717, 1.165) is 16.8 Å². The van der Waals surface area contributed by atoms with Gasteiger partial charge in [-0.1, -0.05) is 11.8 Å². The lowest BCUT2D eigenvalue weighted by Crippen LogP contribution is -2.22. The van der Waals surface area contributed by atoms with E-state index in [0.29, 0.717) is 17.1 Å². The Morgan fingerprint density at radius 2 is 1.79 bits per heavy atom. The van der Waals surface area contributed by atoms with E-state index < -0.39 is 18.0 Å². The third-order valence-corrected chi connectivity index (χ3v) is 4.23. The monoisotopic (exact) mass is 384 g/mol. The fraction of sp³-hybridized carbons (Fsp3) is 0.0909. The Morgan fingerprint density at radius 3 is 2.52 bits per heavy atom. The zero-order chi connectivity index (χ0) is 20.2. The molecule has 1 atom stereocenters. The van der Waals surface area contributed by atoms with Crippen molar-refractivity contribution in [1.29, 1.82) is 0 Å². The SMILES string of the molecule is Cc1cc(C#Cc2ccc(Oc3ccncc3C3NC(=O)NC3=O)cc2)ccn1. The van der Waals surface area contributed by atoms with Crippen LogP contribution in [0.25, 0.3) is 0 Å². The van der Waals surface area contributed by atoms with Crippen molar-refractivity contribution in [3.63, 3.8) is 0 Å². The van der Waals surface area contributed by atoms with Gasteiger partial charge in [0, 0.05) is 41.0 Å². The summed E-state index contributed by atoms with van der Waals surface area (Å²) in [7, 11) is 0. The molecule has 0 bridgehead atoms. The molecule has 1 fully saturated rings. The van der Waals surface area contributed by atoms with Gasteiger partial charge in [0.1, 0.15) is 17.5 Å². The molecule has 2 N–H and O–H groups in total. The maximum absolute atomic E-state index is 11.9. The molecule has 0 aliphatic carbocycles. The van der Waals surface area contributed by atoms with Crippen LogP contribution >= 0.6 is 0 Å². The van der Waals surface area contributed by atoms with Gasteiger partial charge < -0.3 is 10.1 Å². The lowest BCUT2D eigenvalue weighted by molar-refractivity contribution is -0.120. The van der Waals surface area contributed by atoms with Gasteiger partial charge in [-0.3, -0.25) is 20.1 Å². The minimum Gasteiger partial charge on any atom is -0.457 e. The van der Waals surface area contributed by atoms with Gasteiger partial charge in [-0.25, -0.2) is 4.79 Å². The molecule has 29 heavy (non-hydrogen) atoms. The summed E-state index contributed by atoms with van der Waals surface area (Å²) in [4.78, 5) is 31.5. The van der Waals surface area contributed by atoms with E-state index in [1.807, 2.05) is 31.2 Å². The molecule has 7 nitrogen and oxygen atoms in total. The summed E-state index contributed by atoms with van der Waals surface area (Å²) in [5, 5.41) is 4.75. The highest BCUT2D eigenvalue weighted by molar-refractivity contribution is 6.04. The predicted octanol–water partition coefficient (Wildman–Crippen LogP) is 2.86. The number of carbonyl (C=O) groups is 2. The second-order valence-electron chi connectivity index (χ2n) is 6.37. The van der Waals surface area contributed by atoms with E-state index in [1.54, 1.807) is 30.6 Å². The van der Waals surface area contributed by atoms with Crippen LogP contribution in [-0.4, -0.2) is 21.9 Å². The van der Waals surface area contributed by atoms with Crippen LogP contribution in [0.15, 0.2) is 61.1 Å². The van der Waals surface area contributed by atoms with Gasteiger partial charge in [0.05, 0.1) is 0 Å². The lowest BCUT2D eigenvalue weighted by atomic mass is 10.1. The van der Waals surface area contributed by atoms with Gasteiger partial charge >= 0.3 is 6.03 Å². The number of aryl methyl sites for hydroxylation is 1. The van der Waals surface area contributed by atoms with Crippen molar-refractivity contribution in [1.82, 2.24) is 20.6 Å². The molecule has 1 saturated heterocycles. The van der Waals surface area contributed by atoms with E-state index in [4.69, 9.17) is 4.74 Å². The summed E-state index contributed by atoms with van der Waals surface area (Å²) in [5.41, 5.74) is 3.13. The Balaban J connectivity index is 1.52. The maximum atomic E-state index is 11.9. The first-order valence-corrected chi connectivity index (χ1v) is 8.86. The van der Waals surface area contributed by atoms with Gasteiger partial charge in [0.15, 0.2) is 0 Å². The van der Waals surface area contributed by atoms with Crippen molar-refractivity contribution in [2.24, 2.45) is 0 Å². The first kappa shape index (κ1) is 18.2. The van der Waals surface area contributed by atoms with Gasteiger partial charge in [0.25, 0.3) is 5.91 Å². The number of ether oxygens (including phenoxy) is 1. The van der Waals surface area contributed by atoms with Gasteiger partial charge in [0.2, 0.25) is 0 Å². The molecule has 142 valence electrons. The highest BCUT2D eigenvalue weighted by atomic mass is 16.5. The molecular weight excluding hydrogens is 368 g/mol. The number of amides is 3. The summed E-state index contributed by atoms with van der Waals surface area (Å²) in [6, 6.07) is 11.3. The predicted molar refractivity (Wildman–Crippen MR) is 105 cm³/mol. The molecule has 2 aromatic heterocycles. The number of hydrogen-bond acceptors (Lipinski definition) is 5. The fourth-order valence-electron chi connectivity index (χ4n) is 2.84. The average Bonchev–Trinajstić information content (AvgIpc) is 3.06. The number of benzene rings is 1. The van der Waals surface area contributed by atoms with Crippen LogP contribution in [0.5, 0.6) is 11.5 Å². The van der Waals surface area contributed by atoms with Crippen LogP contribution in [0.4, 0.5) is 4.79 Å². The molecule has 1 aliphatic heterocycles. The minimum atomic E-state index is -0.833. The number of carbonyl (C=O) groups excluding carboxylic acids is 2. The van der Waals surface area contributed by atoms with Gasteiger partial charge in [-0.15, -0.1) is 0 Å². The summed E-state index contributed by atoms with van der Waals surface area (Å²) in [6.07, 6.45) is 4.79. The molecule has 0 saturated carbocycles. The van der Waals surface area contributed by atoms with Crippen LogP contribution in [0, 0.1) is 18.8 Å². The third-order valence-electron chi connectivity index (χ3n) is 4.23. The number of hydrogen-bond donors (Lipinski definition) is 2. The quantitative estimate of drug-likeness (QED) is 0.535. The van der Waals surface area contributed by atoms with Crippen molar-refractivity contribution in [2.75, 3.05) is 0 Å². The highest BCUT2D eigenvalue weighted by Gasteiger charge is 2.33. The molecular formula is C22H16N4O3. The number of aromatic nitrogens is 2. The number of pyridine rings is 2. The third kappa shape index (κ3) is 4.22. The minimum absolute atomic E-state index is 0.438. The number of nitrogens with zero attached hydrogens (tertiary/aromatic N) is 2. The largest absolute Gasteiger partial charge is 0.457 e.